The maximum atomic E-state index is 13.4. The van der Waals surface area contributed by atoms with Gasteiger partial charge in [0.05, 0.1) is 25.1 Å². The van der Waals surface area contributed by atoms with Crippen LogP contribution in [0.3, 0.4) is 0 Å². The molecule has 2 aromatic rings. The first-order valence-corrected chi connectivity index (χ1v) is 6.82. The van der Waals surface area contributed by atoms with Crippen LogP contribution in [0.1, 0.15) is 0 Å². The van der Waals surface area contributed by atoms with Crippen molar-refractivity contribution < 1.29 is 8.78 Å². The lowest BCUT2D eigenvalue weighted by Crippen LogP contribution is -2.00. The zero-order chi connectivity index (χ0) is 13.3. The molecule has 6 heteroatoms. The van der Waals surface area contributed by atoms with Gasteiger partial charge in [-0.2, -0.15) is 0 Å². The van der Waals surface area contributed by atoms with Crippen molar-refractivity contribution >= 4 is 55.6 Å². The Hall–Kier alpha value is -0.890. The van der Waals surface area contributed by atoms with Gasteiger partial charge in [-0.25, -0.2) is 8.78 Å². The predicted octanol–water partition coefficient (Wildman–Crippen LogP) is 4.66. The highest BCUT2D eigenvalue weighted by atomic mass is 127. The lowest BCUT2D eigenvalue weighted by molar-refractivity contribution is 0.621. The number of anilines is 3. The van der Waals surface area contributed by atoms with Crippen LogP contribution in [0.5, 0.6) is 0 Å². The van der Waals surface area contributed by atoms with Gasteiger partial charge >= 0.3 is 0 Å². The molecule has 2 rings (SSSR count). The number of nitrogens with one attached hydrogen (secondary N) is 1. The quantitative estimate of drug-likeness (QED) is 0.543. The van der Waals surface area contributed by atoms with Crippen LogP contribution in [0.4, 0.5) is 25.8 Å². The fourth-order valence-corrected chi connectivity index (χ4v) is 2.27. The van der Waals surface area contributed by atoms with Gasteiger partial charge in [0, 0.05) is 6.07 Å². The molecule has 2 aromatic carbocycles. The molecule has 0 aliphatic carbocycles. The third-order valence-electron chi connectivity index (χ3n) is 2.31. The van der Waals surface area contributed by atoms with Crippen LogP contribution in [0, 0.1) is 15.2 Å². The summed E-state index contributed by atoms with van der Waals surface area (Å²) in [6.07, 6.45) is 0. The molecule has 0 bridgehead atoms. The van der Waals surface area contributed by atoms with E-state index in [2.05, 4.69) is 21.2 Å². The molecule has 0 aliphatic rings. The van der Waals surface area contributed by atoms with Crippen molar-refractivity contribution in [1.82, 2.24) is 0 Å². The van der Waals surface area contributed by atoms with Crippen LogP contribution in [0.25, 0.3) is 0 Å². The van der Waals surface area contributed by atoms with Crippen molar-refractivity contribution in [2.75, 3.05) is 11.1 Å². The van der Waals surface area contributed by atoms with Crippen LogP contribution in [-0.4, -0.2) is 0 Å². The standard InChI is InChI=1S/C12H8BrF2IN2/c13-6-4-9(17)11(5-8(6)15)18-10-3-1-2-7(14)12(10)16/h1-5,18H,17H2. The zero-order valence-electron chi connectivity index (χ0n) is 8.98. The van der Waals surface area contributed by atoms with Gasteiger partial charge in [-0.1, -0.05) is 6.07 Å². The normalized spacial score (nSPS) is 10.4. The maximum Gasteiger partial charge on any atom is 0.139 e. The van der Waals surface area contributed by atoms with E-state index in [1.807, 2.05) is 22.6 Å². The van der Waals surface area contributed by atoms with Gasteiger partial charge in [-0.15, -0.1) is 0 Å². The molecule has 0 amide bonds. The molecule has 0 radical (unpaired) electrons. The summed E-state index contributed by atoms with van der Waals surface area (Å²) in [6, 6.07) is 7.36. The number of benzene rings is 2. The first kappa shape index (κ1) is 13.5. The smallest absolute Gasteiger partial charge is 0.139 e. The lowest BCUT2D eigenvalue weighted by atomic mass is 10.2. The summed E-state index contributed by atoms with van der Waals surface area (Å²) in [7, 11) is 0. The summed E-state index contributed by atoms with van der Waals surface area (Å²) in [5, 5.41) is 2.92. The molecule has 0 heterocycles. The van der Waals surface area contributed by atoms with Gasteiger partial charge in [0.25, 0.3) is 0 Å². The fraction of sp³-hybridized carbons (Fsp3) is 0. The molecule has 0 saturated heterocycles. The van der Waals surface area contributed by atoms with Crippen LogP contribution in [-0.2, 0) is 0 Å². The van der Waals surface area contributed by atoms with Crippen molar-refractivity contribution in [1.29, 1.82) is 0 Å². The predicted molar refractivity (Wildman–Crippen MR) is 80.9 cm³/mol. The third-order valence-corrected chi connectivity index (χ3v) is 4.02. The molecule has 0 aromatic heterocycles. The Labute approximate surface area is 125 Å². The Kier molecular flexibility index (Phi) is 4.06. The molecule has 18 heavy (non-hydrogen) atoms. The largest absolute Gasteiger partial charge is 0.397 e. The molecular formula is C12H8BrF2IN2. The monoisotopic (exact) mass is 424 g/mol. The Balaban J connectivity index is 2.40. The number of nitrogens with two attached hydrogens (primary N) is 1. The van der Waals surface area contributed by atoms with Gasteiger partial charge < -0.3 is 11.1 Å². The van der Waals surface area contributed by atoms with Gasteiger partial charge in [-0.3, -0.25) is 0 Å². The lowest BCUT2D eigenvalue weighted by Gasteiger charge is -2.12. The molecule has 0 spiro atoms. The van der Waals surface area contributed by atoms with E-state index in [1.165, 1.54) is 18.2 Å². The van der Waals surface area contributed by atoms with Crippen molar-refractivity contribution in [3.05, 3.63) is 50.0 Å². The Bertz CT molecular complexity index is 605. The van der Waals surface area contributed by atoms with Crippen LogP contribution in [0.15, 0.2) is 34.8 Å². The second kappa shape index (κ2) is 5.40. The highest BCUT2D eigenvalue weighted by Crippen LogP contribution is 2.31. The van der Waals surface area contributed by atoms with Crippen molar-refractivity contribution in [2.45, 2.75) is 0 Å². The van der Waals surface area contributed by atoms with Crippen molar-refractivity contribution in [3.63, 3.8) is 0 Å². The average Bonchev–Trinajstić information content (AvgIpc) is 2.32. The molecule has 0 unspecified atom stereocenters. The minimum Gasteiger partial charge on any atom is -0.397 e. The topological polar surface area (TPSA) is 38.0 Å². The summed E-state index contributed by atoms with van der Waals surface area (Å²) >= 11 is 4.92. The third kappa shape index (κ3) is 2.74. The number of hydrogen-bond acceptors (Lipinski definition) is 2. The van der Waals surface area contributed by atoms with E-state index in [0.29, 0.717) is 25.1 Å². The minimum atomic E-state index is -0.432. The number of rotatable bonds is 2. The molecule has 3 N–H and O–H groups in total. The van der Waals surface area contributed by atoms with E-state index in [9.17, 15) is 8.78 Å². The summed E-state index contributed by atoms with van der Waals surface area (Å²) in [6.45, 7) is 0. The van der Waals surface area contributed by atoms with E-state index in [1.54, 1.807) is 12.1 Å². The van der Waals surface area contributed by atoms with Crippen molar-refractivity contribution in [2.24, 2.45) is 0 Å². The summed E-state index contributed by atoms with van der Waals surface area (Å²) < 4.78 is 27.5. The summed E-state index contributed by atoms with van der Waals surface area (Å²) in [5.41, 5.74) is 7.10. The number of nitrogen functional groups attached to an aromatic ring is 1. The van der Waals surface area contributed by atoms with Crippen LogP contribution >= 0.6 is 38.5 Å². The fourth-order valence-electron chi connectivity index (χ4n) is 1.42. The molecule has 0 saturated carbocycles. The van der Waals surface area contributed by atoms with Gasteiger partial charge in [0.15, 0.2) is 0 Å². The van der Waals surface area contributed by atoms with Crippen LogP contribution < -0.4 is 11.1 Å². The molecule has 0 fully saturated rings. The van der Waals surface area contributed by atoms with Gasteiger partial charge in [0.2, 0.25) is 0 Å². The molecule has 0 aliphatic heterocycles. The van der Waals surface area contributed by atoms with E-state index >= 15 is 0 Å². The van der Waals surface area contributed by atoms with E-state index < -0.39 is 5.82 Å². The van der Waals surface area contributed by atoms with E-state index in [0.717, 1.165) is 0 Å². The Morgan fingerprint density at radius 1 is 1.11 bits per heavy atom. The Morgan fingerprint density at radius 2 is 1.83 bits per heavy atom. The van der Waals surface area contributed by atoms with E-state index in [4.69, 9.17) is 5.73 Å². The summed E-state index contributed by atoms with van der Waals surface area (Å²) in [5.74, 6) is -0.769. The molecule has 0 atom stereocenters. The van der Waals surface area contributed by atoms with E-state index in [-0.39, 0.29) is 5.82 Å². The second-order valence-electron chi connectivity index (χ2n) is 3.58. The van der Waals surface area contributed by atoms with Crippen molar-refractivity contribution in [3.8, 4) is 0 Å². The SMILES string of the molecule is Nc1cc(Br)c(F)cc1Nc1cccc(F)c1I. The van der Waals surface area contributed by atoms with Crippen LogP contribution in [0.2, 0.25) is 0 Å². The number of hydrogen-bond donors (Lipinski definition) is 2. The maximum absolute atomic E-state index is 13.4. The zero-order valence-corrected chi connectivity index (χ0v) is 12.7. The Morgan fingerprint density at radius 3 is 2.56 bits per heavy atom. The highest BCUT2D eigenvalue weighted by Gasteiger charge is 2.09. The number of halogens is 4. The molecular weight excluding hydrogens is 417 g/mol. The molecule has 94 valence electrons. The average molecular weight is 425 g/mol. The first-order valence-electron chi connectivity index (χ1n) is 4.94. The van der Waals surface area contributed by atoms with Gasteiger partial charge in [-0.05, 0) is 56.7 Å². The second-order valence-corrected chi connectivity index (χ2v) is 5.51. The minimum absolute atomic E-state index is 0.291. The first-order chi connectivity index (χ1) is 8.49. The summed E-state index contributed by atoms with van der Waals surface area (Å²) in [4.78, 5) is 0. The molecule has 2 nitrogen and oxygen atoms in total. The highest BCUT2D eigenvalue weighted by molar-refractivity contribution is 14.1. The van der Waals surface area contributed by atoms with Gasteiger partial charge in [0.1, 0.15) is 11.6 Å².